The Bertz CT molecular complexity index is 252. The third kappa shape index (κ3) is 15.3. The number of aliphatic hydroxyl groups excluding tert-OH is 1. The van der Waals surface area contributed by atoms with Crippen LogP contribution in [0, 0.1) is 11.8 Å². The predicted molar refractivity (Wildman–Crippen MR) is 110 cm³/mol. The number of rotatable bonds is 14. The van der Waals surface area contributed by atoms with Gasteiger partial charge in [-0.05, 0) is 24.7 Å². The van der Waals surface area contributed by atoms with Crippen LogP contribution >= 0.6 is 11.6 Å². The molecule has 3 atom stereocenters. The smallest absolute Gasteiger partial charge is 0.128 e. The molecule has 134 valence electrons. The summed E-state index contributed by atoms with van der Waals surface area (Å²) in [6.07, 6.45) is 21.8. The number of hydrogen-bond donors (Lipinski definition) is 1. The third-order valence-electron chi connectivity index (χ3n) is 5.51. The van der Waals surface area contributed by atoms with Crippen molar-refractivity contribution in [3.63, 3.8) is 0 Å². The second-order valence-corrected chi connectivity index (χ2v) is 7.94. The Balaban J connectivity index is 0. The van der Waals surface area contributed by atoms with Crippen LogP contribution in [0.3, 0.4) is 0 Å². The summed E-state index contributed by atoms with van der Waals surface area (Å²) in [6.45, 7) is 2.29. The predicted octanol–water partition coefficient (Wildman–Crippen LogP) is 6.29. The number of halogens is 1. The fourth-order valence-corrected chi connectivity index (χ4v) is 4.29. The van der Waals surface area contributed by atoms with E-state index in [1.807, 2.05) is 0 Å². The van der Waals surface area contributed by atoms with E-state index in [-0.39, 0.29) is 59.1 Å². The van der Waals surface area contributed by atoms with Gasteiger partial charge in [-0.15, -0.1) is 0 Å². The summed E-state index contributed by atoms with van der Waals surface area (Å²) in [5.41, 5.74) is -0.628. The molecule has 1 saturated carbocycles. The molecule has 0 aromatic rings. The van der Waals surface area contributed by atoms with Crippen LogP contribution < -0.4 is 0 Å². The molecule has 0 aromatic heterocycles. The molecule has 0 aromatic carbocycles. The first-order chi connectivity index (χ1) is 10.7. The van der Waals surface area contributed by atoms with Crippen LogP contribution in [0.15, 0.2) is 0 Å². The van der Waals surface area contributed by atoms with E-state index in [9.17, 15) is 0 Å². The average Bonchev–Trinajstić information content (AvgIpc) is 2.93. The fraction of sp³-hybridized carbons (Fsp3) is 1.00. The van der Waals surface area contributed by atoms with Crippen LogP contribution in [0.2, 0.25) is 0 Å². The van der Waals surface area contributed by atoms with Gasteiger partial charge in [-0.25, -0.2) is 0 Å². The van der Waals surface area contributed by atoms with Crippen LogP contribution in [0.4, 0.5) is 0 Å². The molecule has 0 saturated heterocycles. The summed E-state index contributed by atoms with van der Waals surface area (Å²) in [5.74, 6) is 2.06. The molecule has 1 nitrogen and oxygen atoms in total. The van der Waals surface area contributed by atoms with Crippen molar-refractivity contribution in [1.82, 2.24) is 0 Å². The van der Waals surface area contributed by atoms with Gasteiger partial charge in [0.05, 0.1) is 0 Å². The summed E-state index contributed by atoms with van der Waals surface area (Å²) in [4.78, 5) is 0. The first-order valence-electron chi connectivity index (χ1n) is 10.1. The Morgan fingerprint density at radius 2 is 1.25 bits per heavy atom. The molecule has 1 rings (SSSR count). The van der Waals surface area contributed by atoms with E-state index in [1.165, 1.54) is 89.9 Å². The van der Waals surface area contributed by atoms with E-state index in [4.69, 9.17) is 16.7 Å². The van der Waals surface area contributed by atoms with Crippen molar-refractivity contribution < 1.29 is 5.11 Å². The molecule has 0 bridgehead atoms. The molecule has 1 unspecified atom stereocenters. The molecular formula is C20H39ClNa2O. The van der Waals surface area contributed by atoms with Crippen LogP contribution in [0.25, 0.3) is 0 Å². The van der Waals surface area contributed by atoms with Gasteiger partial charge in [0, 0.05) is 59.1 Å². The van der Waals surface area contributed by atoms with Gasteiger partial charge in [0.2, 0.25) is 0 Å². The molecule has 4 heteroatoms. The molecular weight excluding hydrogens is 338 g/mol. The standard InChI is InChI=1S/C20H39ClO.2Na/c1-2-3-4-5-6-9-13-18-15-12-16-19(18)14-10-7-8-11-17-20(21)22;;/h18-20,22H,2-17H2,1H3;;/t18-,19-,20?;;/m0../s1. The third-order valence-corrected chi connectivity index (χ3v) is 5.73. The molecule has 0 aliphatic heterocycles. The second kappa shape index (κ2) is 20.0. The van der Waals surface area contributed by atoms with Gasteiger partial charge in [0.15, 0.2) is 0 Å². The molecule has 24 heavy (non-hydrogen) atoms. The molecule has 1 N–H and O–H groups in total. The fourth-order valence-electron chi connectivity index (χ4n) is 4.13. The SMILES string of the molecule is CCCCCCCC[C@H]1CCC[C@@H]1CCCCCCC(O)Cl.[Na].[Na]. The molecule has 0 amide bonds. The van der Waals surface area contributed by atoms with Crippen molar-refractivity contribution in [2.24, 2.45) is 11.8 Å². The Kier molecular flexibility index (Phi) is 23.7. The molecule has 0 spiro atoms. The summed E-state index contributed by atoms with van der Waals surface area (Å²) in [7, 11) is 0. The van der Waals surface area contributed by atoms with Crippen molar-refractivity contribution in [1.29, 1.82) is 0 Å². The minimum Gasteiger partial charge on any atom is -0.378 e. The Morgan fingerprint density at radius 3 is 1.75 bits per heavy atom. The van der Waals surface area contributed by atoms with E-state index in [1.54, 1.807) is 0 Å². The Morgan fingerprint density at radius 1 is 0.792 bits per heavy atom. The Hall–Kier alpha value is 2.25. The quantitative estimate of drug-likeness (QED) is 0.214. The minimum absolute atomic E-state index is 0. The van der Waals surface area contributed by atoms with Gasteiger partial charge in [-0.2, -0.15) is 0 Å². The Labute approximate surface area is 201 Å². The zero-order valence-corrected chi connectivity index (χ0v) is 21.6. The normalized spacial score (nSPS) is 21.1. The van der Waals surface area contributed by atoms with E-state index in [2.05, 4.69) is 6.92 Å². The first-order valence-corrected chi connectivity index (χ1v) is 10.5. The van der Waals surface area contributed by atoms with Crippen LogP contribution in [0.1, 0.15) is 110 Å². The van der Waals surface area contributed by atoms with Crippen molar-refractivity contribution in [3.8, 4) is 0 Å². The van der Waals surface area contributed by atoms with Crippen molar-refractivity contribution in [2.75, 3.05) is 0 Å². The van der Waals surface area contributed by atoms with E-state index in [0.29, 0.717) is 0 Å². The summed E-state index contributed by atoms with van der Waals surface area (Å²) in [5, 5.41) is 9.03. The van der Waals surface area contributed by atoms with Crippen LogP contribution in [0.5, 0.6) is 0 Å². The zero-order chi connectivity index (χ0) is 16.0. The second-order valence-electron chi connectivity index (χ2n) is 7.43. The van der Waals surface area contributed by atoms with Gasteiger partial charge >= 0.3 is 0 Å². The maximum absolute atomic E-state index is 9.03. The van der Waals surface area contributed by atoms with E-state index in [0.717, 1.165) is 24.7 Å². The molecule has 1 aliphatic rings. The summed E-state index contributed by atoms with van der Waals surface area (Å²) < 4.78 is 0. The number of alkyl halides is 1. The maximum Gasteiger partial charge on any atom is 0.128 e. The molecule has 1 aliphatic carbocycles. The average molecular weight is 377 g/mol. The molecule has 2 radical (unpaired) electrons. The van der Waals surface area contributed by atoms with E-state index < -0.39 is 5.56 Å². The zero-order valence-electron chi connectivity index (χ0n) is 16.9. The summed E-state index contributed by atoms with van der Waals surface area (Å²) >= 11 is 5.56. The van der Waals surface area contributed by atoms with Crippen LogP contribution in [-0.2, 0) is 0 Å². The van der Waals surface area contributed by atoms with Gasteiger partial charge in [0.1, 0.15) is 5.56 Å². The number of aliphatic hydroxyl groups is 1. The van der Waals surface area contributed by atoms with Gasteiger partial charge in [-0.3, -0.25) is 0 Å². The molecule has 1 fully saturated rings. The monoisotopic (exact) mass is 376 g/mol. The van der Waals surface area contributed by atoms with Crippen LogP contribution in [-0.4, -0.2) is 69.8 Å². The molecule has 0 heterocycles. The topological polar surface area (TPSA) is 20.2 Å². The largest absolute Gasteiger partial charge is 0.378 e. The van der Waals surface area contributed by atoms with Crippen molar-refractivity contribution in [2.45, 2.75) is 115 Å². The van der Waals surface area contributed by atoms with Gasteiger partial charge in [-0.1, -0.05) is 108 Å². The minimum atomic E-state index is -0.628. The van der Waals surface area contributed by atoms with Crippen molar-refractivity contribution >= 4 is 70.7 Å². The maximum atomic E-state index is 9.03. The number of hydrogen-bond acceptors (Lipinski definition) is 1. The van der Waals surface area contributed by atoms with Gasteiger partial charge < -0.3 is 5.11 Å². The number of unbranched alkanes of at least 4 members (excludes halogenated alkanes) is 8. The first kappa shape index (κ1) is 28.5. The van der Waals surface area contributed by atoms with Crippen molar-refractivity contribution in [3.05, 3.63) is 0 Å². The summed E-state index contributed by atoms with van der Waals surface area (Å²) in [6, 6.07) is 0. The van der Waals surface area contributed by atoms with Gasteiger partial charge in [0.25, 0.3) is 0 Å². The van der Waals surface area contributed by atoms with E-state index >= 15 is 0 Å².